The van der Waals surface area contributed by atoms with Gasteiger partial charge in [0.2, 0.25) is 0 Å². The lowest BCUT2D eigenvalue weighted by Gasteiger charge is -1.98. The van der Waals surface area contributed by atoms with E-state index in [1.807, 2.05) is 0 Å². The number of amides is 1. The Morgan fingerprint density at radius 3 is 3.05 bits per heavy atom. The molecule has 2 heterocycles. The summed E-state index contributed by atoms with van der Waals surface area (Å²) >= 11 is 1.29. The number of aryl methyl sites for hydroxylation is 2. The van der Waals surface area contributed by atoms with Gasteiger partial charge in [0.15, 0.2) is 5.13 Å². The number of carbonyl (C=O) groups is 1. The number of thiazole rings is 1. The van der Waals surface area contributed by atoms with Gasteiger partial charge in [-0.2, -0.15) is 5.10 Å². The van der Waals surface area contributed by atoms with E-state index < -0.39 is 0 Å². The van der Waals surface area contributed by atoms with Crippen molar-refractivity contribution in [2.45, 2.75) is 13.3 Å². The number of nitrogens with one attached hydrogen (secondary N) is 1. The average molecular weight is 290 g/mol. The normalized spacial score (nSPS) is 9.95. The number of rotatable bonds is 3. The summed E-state index contributed by atoms with van der Waals surface area (Å²) in [7, 11) is 1.77. The topological polar surface area (TPSA) is 80.0 Å². The van der Waals surface area contributed by atoms with Crippen molar-refractivity contribution in [3.05, 3.63) is 28.5 Å². The van der Waals surface area contributed by atoms with Crippen molar-refractivity contribution in [1.82, 2.24) is 14.8 Å². The molecule has 0 aliphatic carbocycles. The number of nitrogens with zero attached hydrogens (tertiary/aromatic N) is 3. The molecular formula is C13H14N4O2S. The highest BCUT2D eigenvalue weighted by atomic mass is 32.1. The van der Waals surface area contributed by atoms with Crippen LogP contribution in [-0.2, 0) is 7.05 Å². The van der Waals surface area contributed by atoms with Gasteiger partial charge in [-0.05, 0) is 6.92 Å². The van der Waals surface area contributed by atoms with E-state index in [2.05, 4.69) is 27.2 Å². The zero-order valence-electron chi connectivity index (χ0n) is 11.2. The predicted molar refractivity (Wildman–Crippen MR) is 76.6 cm³/mol. The van der Waals surface area contributed by atoms with Crippen LogP contribution in [0.15, 0.2) is 12.4 Å². The maximum absolute atomic E-state index is 12.1. The van der Waals surface area contributed by atoms with Gasteiger partial charge in [-0.15, -0.1) is 0 Å². The summed E-state index contributed by atoms with van der Waals surface area (Å²) in [6.45, 7) is 1.82. The van der Waals surface area contributed by atoms with Crippen LogP contribution in [0, 0.1) is 18.8 Å². The second kappa shape index (κ2) is 6.32. The fourth-order valence-corrected chi connectivity index (χ4v) is 2.27. The Morgan fingerprint density at radius 2 is 2.40 bits per heavy atom. The van der Waals surface area contributed by atoms with Gasteiger partial charge in [0.25, 0.3) is 5.91 Å². The molecule has 0 aromatic carbocycles. The molecule has 0 bridgehead atoms. The van der Waals surface area contributed by atoms with E-state index >= 15 is 0 Å². The molecule has 7 heteroatoms. The van der Waals surface area contributed by atoms with E-state index in [0.29, 0.717) is 22.8 Å². The zero-order valence-corrected chi connectivity index (χ0v) is 12.0. The van der Waals surface area contributed by atoms with E-state index in [-0.39, 0.29) is 12.5 Å². The van der Waals surface area contributed by atoms with E-state index in [9.17, 15) is 4.79 Å². The Kier molecular flexibility index (Phi) is 4.50. The molecule has 1 amide bonds. The quantitative estimate of drug-likeness (QED) is 0.832. The smallest absolute Gasteiger partial charge is 0.260 e. The van der Waals surface area contributed by atoms with Crippen LogP contribution >= 0.6 is 11.3 Å². The molecule has 0 radical (unpaired) electrons. The number of anilines is 1. The summed E-state index contributed by atoms with van der Waals surface area (Å²) in [5, 5.41) is 16.0. The van der Waals surface area contributed by atoms with Crippen LogP contribution in [0.5, 0.6) is 0 Å². The predicted octanol–water partition coefficient (Wildman–Crippen LogP) is 1.17. The summed E-state index contributed by atoms with van der Waals surface area (Å²) < 4.78 is 1.60. The zero-order chi connectivity index (χ0) is 14.5. The first-order valence-corrected chi connectivity index (χ1v) is 6.79. The monoisotopic (exact) mass is 290 g/mol. The highest BCUT2D eigenvalue weighted by Gasteiger charge is 2.13. The van der Waals surface area contributed by atoms with E-state index in [4.69, 9.17) is 5.11 Å². The third-order valence-corrected chi connectivity index (χ3v) is 3.26. The molecular weight excluding hydrogens is 276 g/mol. The van der Waals surface area contributed by atoms with Gasteiger partial charge < -0.3 is 5.11 Å². The van der Waals surface area contributed by atoms with Crippen LogP contribution in [0.1, 0.15) is 27.3 Å². The second-order valence-corrected chi connectivity index (χ2v) is 5.09. The SMILES string of the molecule is Cc1nn(C)cc1C(=O)Nc1ncc(C#CCCO)s1. The van der Waals surface area contributed by atoms with E-state index in [1.165, 1.54) is 11.3 Å². The van der Waals surface area contributed by atoms with Gasteiger partial charge in [-0.3, -0.25) is 14.8 Å². The molecule has 0 fully saturated rings. The van der Waals surface area contributed by atoms with E-state index in [1.54, 1.807) is 31.0 Å². The number of hydrogen-bond acceptors (Lipinski definition) is 5. The summed E-state index contributed by atoms with van der Waals surface area (Å²) in [6.07, 6.45) is 3.69. The van der Waals surface area contributed by atoms with Crippen LogP contribution in [-0.4, -0.2) is 32.4 Å². The third kappa shape index (κ3) is 3.44. The second-order valence-electron chi connectivity index (χ2n) is 4.06. The Hall–Kier alpha value is -2.17. The number of aromatic nitrogens is 3. The largest absolute Gasteiger partial charge is 0.395 e. The Morgan fingerprint density at radius 1 is 1.60 bits per heavy atom. The lowest BCUT2D eigenvalue weighted by atomic mass is 10.2. The number of aliphatic hydroxyl groups excluding tert-OH is 1. The summed E-state index contributed by atoms with van der Waals surface area (Å²) in [4.78, 5) is 16.9. The van der Waals surface area contributed by atoms with Gasteiger partial charge in [-0.1, -0.05) is 23.2 Å². The highest BCUT2D eigenvalue weighted by Crippen LogP contribution is 2.18. The lowest BCUT2D eigenvalue weighted by molar-refractivity contribution is 0.102. The van der Waals surface area contributed by atoms with Crippen molar-refractivity contribution in [2.24, 2.45) is 7.05 Å². The molecule has 2 rings (SSSR count). The van der Waals surface area contributed by atoms with Crippen molar-refractivity contribution < 1.29 is 9.90 Å². The molecule has 2 N–H and O–H groups in total. The maximum atomic E-state index is 12.1. The number of carbonyl (C=O) groups excluding carboxylic acids is 1. The van der Waals surface area contributed by atoms with Gasteiger partial charge in [0, 0.05) is 19.7 Å². The molecule has 20 heavy (non-hydrogen) atoms. The lowest BCUT2D eigenvalue weighted by Crippen LogP contribution is -2.12. The maximum Gasteiger partial charge on any atom is 0.260 e. The van der Waals surface area contributed by atoms with Crippen LogP contribution in [0.3, 0.4) is 0 Å². The van der Waals surface area contributed by atoms with Crippen LogP contribution in [0.4, 0.5) is 5.13 Å². The molecule has 0 saturated carbocycles. The first-order valence-electron chi connectivity index (χ1n) is 5.97. The van der Waals surface area contributed by atoms with Crippen molar-refractivity contribution in [2.75, 3.05) is 11.9 Å². The molecule has 6 nitrogen and oxygen atoms in total. The molecule has 2 aromatic heterocycles. The number of aliphatic hydroxyl groups is 1. The first kappa shape index (κ1) is 14.2. The summed E-state index contributed by atoms with van der Waals surface area (Å²) in [5.41, 5.74) is 1.19. The van der Waals surface area contributed by atoms with Crippen LogP contribution in [0.2, 0.25) is 0 Å². The molecule has 0 spiro atoms. The fraction of sp³-hybridized carbons (Fsp3) is 0.308. The standard InChI is InChI=1S/C13H14N4O2S/c1-9-11(8-17(2)16-9)12(19)15-13-14-7-10(20-13)5-3-4-6-18/h7-8,18H,4,6H2,1-2H3,(H,14,15,19). The minimum atomic E-state index is -0.236. The minimum Gasteiger partial charge on any atom is -0.395 e. The van der Waals surface area contributed by atoms with Gasteiger partial charge in [-0.25, -0.2) is 4.98 Å². The molecule has 0 aliphatic heterocycles. The molecule has 104 valence electrons. The molecule has 2 aromatic rings. The third-order valence-electron chi connectivity index (χ3n) is 2.43. The summed E-state index contributed by atoms with van der Waals surface area (Å²) in [5.74, 6) is 5.44. The Labute approximate surface area is 120 Å². The minimum absolute atomic E-state index is 0.0374. The first-order chi connectivity index (χ1) is 9.60. The highest BCUT2D eigenvalue weighted by molar-refractivity contribution is 7.16. The Balaban J connectivity index is 2.06. The van der Waals surface area contributed by atoms with Crippen molar-refractivity contribution in [3.8, 4) is 11.8 Å². The molecule has 0 aliphatic rings. The van der Waals surface area contributed by atoms with Gasteiger partial charge in [0.05, 0.1) is 28.9 Å². The van der Waals surface area contributed by atoms with Crippen molar-refractivity contribution in [1.29, 1.82) is 0 Å². The number of hydrogen-bond donors (Lipinski definition) is 2. The van der Waals surface area contributed by atoms with Crippen molar-refractivity contribution in [3.63, 3.8) is 0 Å². The molecule has 0 unspecified atom stereocenters. The fourth-order valence-electron chi connectivity index (χ4n) is 1.58. The van der Waals surface area contributed by atoms with E-state index in [0.717, 1.165) is 4.88 Å². The van der Waals surface area contributed by atoms with Gasteiger partial charge in [0.1, 0.15) is 0 Å². The molecule has 0 atom stereocenters. The Bertz CT molecular complexity index is 678. The molecule has 0 saturated heterocycles. The van der Waals surface area contributed by atoms with Crippen LogP contribution < -0.4 is 5.32 Å². The van der Waals surface area contributed by atoms with Crippen LogP contribution in [0.25, 0.3) is 0 Å². The van der Waals surface area contributed by atoms with Crippen molar-refractivity contribution >= 4 is 22.4 Å². The average Bonchev–Trinajstić information content (AvgIpc) is 2.96. The summed E-state index contributed by atoms with van der Waals surface area (Å²) in [6, 6.07) is 0. The van der Waals surface area contributed by atoms with Gasteiger partial charge >= 0.3 is 0 Å².